The summed E-state index contributed by atoms with van der Waals surface area (Å²) in [5.41, 5.74) is 0. The lowest BCUT2D eigenvalue weighted by Crippen LogP contribution is -2.20. The lowest BCUT2D eigenvalue weighted by molar-refractivity contribution is 0.0186. The molecule has 1 unspecified atom stereocenters. The van der Waals surface area contributed by atoms with Crippen molar-refractivity contribution in [2.75, 3.05) is 26.9 Å². The molecule has 0 radical (unpaired) electrons. The Hall–Kier alpha value is -0.120. The summed E-state index contributed by atoms with van der Waals surface area (Å²) in [7, 11) is 2.00. The molecular formula is C12H27NO2. The number of rotatable bonds is 10. The molecule has 0 saturated heterocycles. The Kier molecular flexibility index (Phi) is 10.3. The zero-order valence-electron chi connectivity index (χ0n) is 10.7. The molecule has 0 aliphatic carbocycles. The van der Waals surface area contributed by atoms with Gasteiger partial charge in [-0.2, -0.15) is 0 Å². The average molecular weight is 217 g/mol. The van der Waals surface area contributed by atoms with Crippen LogP contribution in [0.4, 0.5) is 0 Å². The van der Waals surface area contributed by atoms with Crippen molar-refractivity contribution in [3.8, 4) is 0 Å². The average Bonchev–Trinajstić information content (AvgIpc) is 2.21. The molecule has 0 bridgehead atoms. The molecule has 0 aromatic carbocycles. The largest absolute Gasteiger partial charge is 0.379 e. The Balaban J connectivity index is 2.99. The summed E-state index contributed by atoms with van der Waals surface area (Å²) < 4.78 is 10.8. The number of unbranched alkanes of at least 4 members (excludes halogenated alkanes) is 1. The van der Waals surface area contributed by atoms with Crippen molar-refractivity contribution in [2.24, 2.45) is 0 Å². The van der Waals surface area contributed by atoms with Crippen molar-refractivity contribution in [2.45, 2.75) is 52.2 Å². The first kappa shape index (κ1) is 14.9. The fraction of sp³-hybridized carbons (Fsp3) is 1.00. The Morgan fingerprint density at radius 2 is 1.73 bits per heavy atom. The predicted molar refractivity (Wildman–Crippen MR) is 64.3 cm³/mol. The predicted octanol–water partition coefficient (Wildman–Crippen LogP) is 2.21. The van der Waals surface area contributed by atoms with Gasteiger partial charge in [0.1, 0.15) is 0 Å². The van der Waals surface area contributed by atoms with Gasteiger partial charge in [0.15, 0.2) is 0 Å². The third-order valence-corrected chi connectivity index (χ3v) is 2.35. The molecule has 1 atom stereocenters. The highest BCUT2D eigenvalue weighted by atomic mass is 16.5. The van der Waals surface area contributed by atoms with Crippen molar-refractivity contribution in [3.05, 3.63) is 0 Å². The molecule has 0 fully saturated rings. The summed E-state index contributed by atoms with van der Waals surface area (Å²) in [4.78, 5) is 0. The fourth-order valence-electron chi connectivity index (χ4n) is 1.24. The third kappa shape index (κ3) is 11.8. The van der Waals surface area contributed by atoms with Crippen LogP contribution in [0.15, 0.2) is 0 Å². The second-order valence-electron chi connectivity index (χ2n) is 4.22. The van der Waals surface area contributed by atoms with Crippen LogP contribution in [-0.4, -0.2) is 39.0 Å². The summed E-state index contributed by atoms with van der Waals surface area (Å²) in [5.74, 6) is 0. The highest BCUT2D eigenvalue weighted by molar-refractivity contribution is 4.56. The van der Waals surface area contributed by atoms with Gasteiger partial charge in [-0.05, 0) is 47.1 Å². The number of hydrogen-bond donors (Lipinski definition) is 1. The van der Waals surface area contributed by atoms with E-state index in [4.69, 9.17) is 9.47 Å². The fourth-order valence-corrected chi connectivity index (χ4v) is 1.24. The molecule has 1 N–H and O–H groups in total. The van der Waals surface area contributed by atoms with E-state index in [1.807, 2.05) is 20.9 Å². The minimum atomic E-state index is 0.310. The van der Waals surface area contributed by atoms with Gasteiger partial charge >= 0.3 is 0 Å². The molecule has 0 aromatic heterocycles. The third-order valence-electron chi connectivity index (χ3n) is 2.35. The van der Waals surface area contributed by atoms with Crippen LogP contribution < -0.4 is 5.32 Å². The number of ether oxygens (including phenoxy) is 2. The SMILES string of the molecule is CNC(C)CCCCOCCOC(C)C. The molecular weight excluding hydrogens is 190 g/mol. The maximum atomic E-state index is 5.45. The van der Waals surface area contributed by atoms with Gasteiger partial charge in [-0.3, -0.25) is 0 Å². The van der Waals surface area contributed by atoms with E-state index in [0.29, 0.717) is 18.8 Å². The molecule has 3 heteroatoms. The first-order valence-electron chi connectivity index (χ1n) is 6.03. The van der Waals surface area contributed by atoms with Crippen LogP contribution in [0.2, 0.25) is 0 Å². The van der Waals surface area contributed by atoms with E-state index in [2.05, 4.69) is 12.2 Å². The van der Waals surface area contributed by atoms with Gasteiger partial charge in [-0.15, -0.1) is 0 Å². The normalized spacial score (nSPS) is 13.4. The summed E-state index contributed by atoms with van der Waals surface area (Å²) in [6.45, 7) is 8.58. The van der Waals surface area contributed by atoms with Crippen LogP contribution in [0.5, 0.6) is 0 Å². The Bertz CT molecular complexity index is 129. The van der Waals surface area contributed by atoms with Crippen LogP contribution in [0.25, 0.3) is 0 Å². The zero-order chi connectivity index (χ0) is 11.5. The van der Waals surface area contributed by atoms with Gasteiger partial charge in [-0.25, -0.2) is 0 Å². The first-order chi connectivity index (χ1) is 7.16. The molecule has 0 aliphatic rings. The lowest BCUT2D eigenvalue weighted by atomic mass is 10.1. The van der Waals surface area contributed by atoms with E-state index in [1.54, 1.807) is 0 Å². The first-order valence-corrected chi connectivity index (χ1v) is 6.03. The van der Waals surface area contributed by atoms with Crippen molar-refractivity contribution < 1.29 is 9.47 Å². The van der Waals surface area contributed by atoms with Crippen LogP contribution in [0.3, 0.4) is 0 Å². The molecule has 92 valence electrons. The van der Waals surface area contributed by atoms with Crippen LogP contribution in [0, 0.1) is 0 Å². The van der Waals surface area contributed by atoms with E-state index < -0.39 is 0 Å². The van der Waals surface area contributed by atoms with E-state index in [9.17, 15) is 0 Å². The molecule has 0 aromatic rings. The van der Waals surface area contributed by atoms with Crippen molar-refractivity contribution in [1.29, 1.82) is 0 Å². The van der Waals surface area contributed by atoms with Crippen LogP contribution in [0.1, 0.15) is 40.0 Å². The smallest absolute Gasteiger partial charge is 0.0703 e. The maximum absolute atomic E-state index is 5.45. The molecule has 15 heavy (non-hydrogen) atoms. The molecule has 0 aliphatic heterocycles. The van der Waals surface area contributed by atoms with E-state index in [0.717, 1.165) is 19.6 Å². The number of nitrogens with one attached hydrogen (secondary N) is 1. The highest BCUT2D eigenvalue weighted by Crippen LogP contribution is 2.00. The minimum Gasteiger partial charge on any atom is -0.379 e. The molecule has 0 rings (SSSR count). The van der Waals surface area contributed by atoms with Gasteiger partial charge in [0.05, 0.1) is 19.3 Å². The second-order valence-corrected chi connectivity index (χ2v) is 4.22. The highest BCUT2D eigenvalue weighted by Gasteiger charge is 1.97. The Morgan fingerprint density at radius 3 is 2.33 bits per heavy atom. The zero-order valence-corrected chi connectivity index (χ0v) is 10.7. The van der Waals surface area contributed by atoms with Crippen molar-refractivity contribution in [1.82, 2.24) is 5.32 Å². The molecule has 3 nitrogen and oxygen atoms in total. The molecule has 0 saturated carbocycles. The maximum Gasteiger partial charge on any atom is 0.0703 e. The topological polar surface area (TPSA) is 30.5 Å². The van der Waals surface area contributed by atoms with Gasteiger partial charge in [0.2, 0.25) is 0 Å². The summed E-state index contributed by atoms with van der Waals surface area (Å²) >= 11 is 0. The van der Waals surface area contributed by atoms with E-state index in [1.165, 1.54) is 12.8 Å². The van der Waals surface area contributed by atoms with Gasteiger partial charge in [0.25, 0.3) is 0 Å². The standard InChI is InChI=1S/C12H27NO2/c1-11(2)15-10-9-14-8-6-5-7-12(3)13-4/h11-13H,5-10H2,1-4H3. The van der Waals surface area contributed by atoms with E-state index in [-0.39, 0.29) is 0 Å². The van der Waals surface area contributed by atoms with Gasteiger partial charge in [0, 0.05) is 12.6 Å². The van der Waals surface area contributed by atoms with Gasteiger partial charge < -0.3 is 14.8 Å². The second kappa shape index (κ2) is 10.4. The Morgan fingerprint density at radius 1 is 1.00 bits per heavy atom. The van der Waals surface area contributed by atoms with Gasteiger partial charge in [-0.1, -0.05) is 0 Å². The monoisotopic (exact) mass is 217 g/mol. The summed E-state index contributed by atoms with van der Waals surface area (Å²) in [6.07, 6.45) is 3.91. The van der Waals surface area contributed by atoms with Crippen LogP contribution in [-0.2, 0) is 9.47 Å². The van der Waals surface area contributed by atoms with Crippen molar-refractivity contribution in [3.63, 3.8) is 0 Å². The molecule has 0 amide bonds. The summed E-state index contributed by atoms with van der Waals surface area (Å²) in [6, 6.07) is 0.620. The van der Waals surface area contributed by atoms with E-state index >= 15 is 0 Å². The van der Waals surface area contributed by atoms with Crippen molar-refractivity contribution >= 4 is 0 Å². The Labute approximate surface area is 94.5 Å². The minimum absolute atomic E-state index is 0.310. The number of hydrogen-bond acceptors (Lipinski definition) is 3. The van der Waals surface area contributed by atoms with Crippen LogP contribution >= 0.6 is 0 Å². The molecule has 0 spiro atoms. The quantitative estimate of drug-likeness (QED) is 0.569. The lowest BCUT2D eigenvalue weighted by Gasteiger charge is -2.10. The molecule has 0 heterocycles. The summed E-state index contributed by atoms with van der Waals surface area (Å²) in [5, 5.41) is 3.23.